The van der Waals surface area contributed by atoms with Crippen LogP contribution >= 0.6 is 35.6 Å². The van der Waals surface area contributed by atoms with Crippen molar-refractivity contribution in [2.45, 2.75) is 51.0 Å². The maximum absolute atomic E-state index is 12.4. The molecule has 8 heteroatoms. The summed E-state index contributed by atoms with van der Waals surface area (Å²) in [4.78, 5) is 29.1. The lowest BCUT2D eigenvalue weighted by Crippen LogP contribution is -2.45. The van der Waals surface area contributed by atoms with E-state index in [-0.39, 0.29) is 18.3 Å². The SMILES string of the molecule is CNC(=O)c1ccc(CCCCN2CCC(N3CCCC3=O)CC2)cc1-c1ccc(Cl)c(Cl)c1.Cl. The number of rotatable bonds is 8. The zero-order valence-corrected chi connectivity index (χ0v) is 22.5. The molecule has 0 aromatic heterocycles. The highest BCUT2D eigenvalue weighted by Gasteiger charge is 2.30. The van der Waals surface area contributed by atoms with E-state index in [9.17, 15) is 9.59 Å². The normalized spacial score (nSPS) is 16.9. The van der Waals surface area contributed by atoms with Crippen LogP contribution in [0.3, 0.4) is 0 Å². The molecule has 2 aromatic carbocycles. The van der Waals surface area contributed by atoms with E-state index in [2.05, 4.69) is 21.2 Å². The van der Waals surface area contributed by atoms with Crippen molar-refractivity contribution in [3.8, 4) is 11.1 Å². The number of carbonyl (C=O) groups is 2. The summed E-state index contributed by atoms with van der Waals surface area (Å²) >= 11 is 12.3. The van der Waals surface area contributed by atoms with Gasteiger partial charge in [0.25, 0.3) is 5.91 Å². The van der Waals surface area contributed by atoms with Gasteiger partial charge < -0.3 is 15.1 Å². The van der Waals surface area contributed by atoms with E-state index in [4.69, 9.17) is 23.2 Å². The minimum atomic E-state index is -0.119. The number of nitrogens with one attached hydrogen (secondary N) is 1. The Bertz CT molecular complexity index is 1040. The number of carbonyl (C=O) groups excluding carboxylic acids is 2. The minimum Gasteiger partial charge on any atom is -0.355 e. The molecule has 0 aliphatic carbocycles. The Morgan fingerprint density at radius 2 is 1.80 bits per heavy atom. The fourth-order valence-corrected chi connectivity index (χ4v) is 5.45. The van der Waals surface area contributed by atoms with Crippen molar-refractivity contribution < 1.29 is 9.59 Å². The molecule has 1 N–H and O–H groups in total. The van der Waals surface area contributed by atoms with E-state index in [1.165, 1.54) is 5.56 Å². The Kier molecular flexibility index (Phi) is 10.3. The van der Waals surface area contributed by atoms with Gasteiger partial charge in [-0.15, -0.1) is 12.4 Å². The summed E-state index contributed by atoms with van der Waals surface area (Å²) in [5, 5.41) is 3.70. The summed E-state index contributed by atoms with van der Waals surface area (Å²) in [7, 11) is 1.64. The Balaban J connectivity index is 0.00000342. The smallest absolute Gasteiger partial charge is 0.251 e. The molecule has 2 aliphatic heterocycles. The number of halogens is 3. The first-order valence-electron chi connectivity index (χ1n) is 12.3. The minimum absolute atomic E-state index is 0. The molecule has 2 aliphatic rings. The van der Waals surface area contributed by atoms with Crippen LogP contribution in [-0.4, -0.2) is 60.9 Å². The second-order valence-corrected chi connectivity index (χ2v) is 10.1. The summed E-state index contributed by atoms with van der Waals surface area (Å²) < 4.78 is 0. The Morgan fingerprint density at radius 3 is 2.46 bits per heavy atom. The van der Waals surface area contributed by atoms with Crippen LogP contribution in [0.2, 0.25) is 10.0 Å². The molecule has 0 saturated carbocycles. The van der Waals surface area contributed by atoms with E-state index >= 15 is 0 Å². The Labute approximate surface area is 224 Å². The molecule has 0 unspecified atom stereocenters. The van der Waals surface area contributed by atoms with E-state index < -0.39 is 0 Å². The molecule has 4 rings (SSSR count). The van der Waals surface area contributed by atoms with E-state index in [0.717, 1.165) is 82.3 Å². The van der Waals surface area contributed by atoms with Gasteiger partial charge in [0.05, 0.1) is 10.0 Å². The largest absolute Gasteiger partial charge is 0.355 e. The lowest BCUT2D eigenvalue weighted by atomic mass is 9.95. The number of aryl methyl sites for hydroxylation is 1. The number of unbranched alkanes of at least 4 members (excludes halogenated alkanes) is 1. The van der Waals surface area contributed by atoms with Crippen molar-refractivity contribution in [1.82, 2.24) is 15.1 Å². The molecular formula is C27H34Cl3N3O2. The van der Waals surface area contributed by atoms with Crippen LogP contribution < -0.4 is 5.32 Å². The number of amides is 2. The van der Waals surface area contributed by atoms with Crippen LogP contribution in [0.4, 0.5) is 0 Å². The first-order valence-corrected chi connectivity index (χ1v) is 13.0. The summed E-state index contributed by atoms with van der Waals surface area (Å²) in [5.74, 6) is 0.229. The van der Waals surface area contributed by atoms with Gasteiger partial charge in [0.2, 0.25) is 5.91 Å². The molecule has 35 heavy (non-hydrogen) atoms. The van der Waals surface area contributed by atoms with Crippen LogP contribution in [0, 0.1) is 0 Å². The van der Waals surface area contributed by atoms with Gasteiger partial charge in [-0.05, 0) is 80.0 Å². The summed E-state index contributed by atoms with van der Waals surface area (Å²) in [5.41, 5.74) is 3.59. The van der Waals surface area contributed by atoms with Crippen molar-refractivity contribution in [1.29, 1.82) is 0 Å². The fraction of sp³-hybridized carbons (Fsp3) is 0.481. The van der Waals surface area contributed by atoms with Crippen LogP contribution in [0.25, 0.3) is 11.1 Å². The van der Waals surface area contributed by atoms with Crippen molar-refractivity contribution in [3.63, 3.8) is 0 Å². The molecule has 2 saturated heterocycles. The van der Waals surface area contributed by atoms with Crippen molar-refractivity contribution >= 4 is 47.4 Å². The number of piperidine rings is 1. The predicted octanol–water partition coefficient (Wildman–Crippen LogP) is 5.85. The average molecular weight is 539 g/mol. The highest BCUT2D eigenvalue weighted by Crippen LogP contribution is 2.31. The van der Waals surface area contributed by atoms with E-state index in [0.29, 0.717) is 27.6 Å². The lowest BCUT2D eigenvalue weighted by molar-refractivity contribution is -0.130. The standard InChI is InChI=1S/C27H33Cl2N3O2.ClH/c1-30-27(34)22-9-7-19(17-23(22)20-8-10-24(28)25(29)18-20)5-2-3-13-31-15-11-21(12-16-31)32-14-4-6-26(32)33;/h7-10,17-18,21H,2-6,11-16H2,1H3,(H,30,34);1H. The third-order valence-corrected chi connectivity index (χ3v) is 7.82. The maximum Gasteiger partial charge on any atom is 0.251 e. The van der Waals surface area contributed by atoms with Crippen LogP contribution in [0.5, 0.6) is 0 Å². The van der Waals surface area contributed by atoms with Crippen LogP contribution in [0.1, 0.15) is 54.4 Å². The Morgan fingerprint density at radius 1 is 1.03 bits per heavy atom. The van der Waals surface area contributed by atoms with Gasteiger partial charge >= 0.3 is 0 Å². The first kappa shape index (κ1) is 27.8. The predicted molar refractivity (Wildman–Crippen MR) is 146 cm³/mol. The number of hydrogen-bond donors (Lipinski definition) is 1. The van der Waals surface area contributed by atoms with Gasteiger partial charge in [0, 0.05) is 44.7 Å². The maximum atomic E-state index is 12.4. The molecular weight excluding hydrogens is 505 g/mol. The molecule has 5 nitrogen and oxygen atoms in total. The second-order valence-electron chi connectivity index (χ2n) is 9.31. The number of hydrogen-bond acceptors (Lipinski definition) is 3. The van der Waals surface area contributed by atoms with E-state index in [1.807, 2.05) is 24.3 Å². The van der Waals surface area contributed by atoms with Crippen molar-refractivity contribution in [3.05, 3.63) is 57.6 Å². The van der Waals surface area contributed by atoms with Crippen molar-refractivity contribution in [2.75, 3.05) is 33.2 Å². The molecule has 0 atom stereocenters. The number of likely N-dealkylation sites (tertiary alicyclic amines) is 2. The molecule has 0 spiro atoms. The zero-order valence-electron chi connectivity index (χ0n) is 20.2. The second kappa shape index (κ2) is 13.0. The van der Waals surface area contributed by atoms with Gasteiger partial charge in [-0.2, -0.15) is 0 Å². The number of benzene rings is 2. The summed E-state index contributed by atoms with van der Waals surface area (Å²) in [6.45, 7) is 4.20. The fourth-order valence-electron chi connectivity index (χ4n) is 5.16. The third kappa shape index (κ3) is 6.91. The van der Waals surface area contributed by atoms with Gasteiger partial charge in [0.1, 0.15) is 0 Å². The average Bonchev–Trinajstić information content (AvgIpc) is 3.29. The highest BCUT2D eigenvalue weighted by atomic mass is 35.5. The van der Waals surface area contributed by atoms with Gasteiger partial charge in [-0.25, -0.2) is 0 Å². The molecule has 2 heterocycles. The topological polar surface area (TPSA) is 52.7 Å². The van der Waals surface area contributed by atoms with Gasteiger partial charge in [-0.1, -0.05) is 41.4 Å². The van der Waals surface area contributed by atoms with Crippen LogP contribution in [-0.2, 0) is 11.2 Å². The zero-order chi connectivity index (χ0) is 24.1. The molecule has 2 aromatic rings. The molecule has 190 valence electrons. The highest BCUT2D eigenvalue weighted by molar-refractivity contribution is 6.42. The third-order valence-electron chi connectivity index (χ3n) is 7.08. The molecule has 0 radical (unpaired) electrons. The molecule has 2 amide bonds. The summed E-state index contributed by atoms with van der Waals surface area (Å²) in [6, 6.07) is 12.0. The van der Waals surface area contributed by atoms with Gasteiger partial charge in [0.15, 0.2) is 0 Å². The molecule has 0 bridgehead atoms. The lowest BCUT2D eigenvalue weighted by Gasteiger charge is -2.36. The molecule has 2 fully saturated rings. The van der Waals surface area contributed by atoms with Crippen LogP contribution in [0.15, 0.2) is 36.4 Å². The summed E-state index contributed by atoms with van der Waals surface area (Å²) in [6.07, 6.45) is 7.13. The van der Waals surface area contributed by atoms with E-state index in [1.54, 1.807) is 13.1 Å². The first-order chi connectivity index (χ1) is 16.5. The Hall–Kier alpha value is -1.79. The van der Waals surface area contributed by atoms with Gasteiger partial charge in [-0.3, -0.25) is 9.59 Å². The van der Waals surface area contributed by atoms with Crippen molar-refractivity contribution in [2.24, 2.45) is 0 Å². The monoisotopic (exact) mass is 537 g/mol. The quantitative estimate of drug-likeness (QED) is 0.429. The number of nitrogens with zero attached hydrogens (tertiary/aromatic N) is 2.